The van der Waals surface area contributed by atoms with Crippen LogP contribution in [-0.4, -0.2) is 49.0 Å². The van der Waals surface area contributed by atoms with E-state index in [1.807, 2.05) is 69.3 Å². The van der Waals surface area contributed by atoms with Gasteiger partial charge in [0.25, 0.3) is 0 Å². The fourth-order valence-corrected chi connectivity index (χ4v) is 3.20. The van der Waals surface area contributed by atoms with Gasteiger partial charge in [-0.2, -0.15) is 5.10 Å². The first-order valence-corrected chi connectivity index (χ1v) is 10.1. The number of rotatable bonds is 4. The van der Waals surface area contributed by atoms with E-state index in [1.165, 1.54) is 0 Å². The quantitative estimate of drug-likeness (QED) is 0.574. The van der Waals surface area contributed by atoms with Crippen molar-refractivity contribution in [1.82, 2.24) is 4.90 Å². The van der Waals surface area contributed by atoms with E-state index in [4.69, 9.17) is 16.3 Å². The van der Waals surface area contributed by atoms with Crippen LogP contribution in [0, 0.1) is 0 Å². The van der Waals surface area contributed by atoms with E-state index in [0.29, 0.717) is 18.1 Å². The van der Waals surface area contributed by atoms with E-state index in [2.05, 4.69) is 15.4 Å². The normalized spacial score (nSPS) is 14.9. The maximum Gasteiger partial charge on any atom is 0.410 e. The number of benzene rings is 2. The molecule has 0 bridgehead atoms. The highest BCUT2D eigenvalue weighted by Crippen LogP contribution is 2.24. The summed E-state index contributed by atoms with van der Waals surface area (Å²) in [5.74, 6) is 0. The lowest BCUT2D eigenvalue weighted by Gasteiger charge is -2.36. The summed E-state index contributed by atoms with van der Waals surface area (Å²) in [7, 11) is 0. The molecule has 2 aromatic carbocycles. The van der Waals surface area contributed by atoms with Gasteiger partial charge in [-0.3, -0.25) is 5.43 Å². The van der Waals surface area contributed by atoms with Crippen molar-refractivity contribution in [2.24, 2.45) is 5.10 Å². The number of nitrogens with zero attached hydrogens (tertiary/aromatic N) is 3. The molecule has 6 nitrogen and oxygen atoms in total. The Labute approximate surface area is 177 Å². The van der Waals surface area contributed by atoms with Crippen LogP contribution in [0.1, 0.15) is 26.3 Å². The minimum atomic E-state index is -0.478. The van der Waals surface area contributed by atoms with Gasteiger partial charge in [0.05, 0.1) is 16.9 Å². The number of hydrogen-bond acceptors (Lipinski definition) is 5. The second-order valence-corrected chi connectivity index (χ2v) is 8.30. The lowest BCUT2D eigenvalue weighted by atomic mass is 10.2. The zero-order valence-corrected chi connectivity index (χ0v) is 17.8. The van der Waals surface area contributed by atoms with Gasteiger partial charge in [0.1, 0.15) is 5.60 Å². The van der Waals surface area contributed by atoms with E-state index in [0.717, 1.165) is 30.0 Å². The average molecular weight is 415 g/mol. The lowest BCUT2D eigenvalue weighted by Crippen LogP contribution is -2.50. The summed E-state index contributed by atoms with van der Waals surface area (Å²) in [6.45, 7) is 8.35. The second-order valence-electron chi connectivity index (χ2n) is 7.90. The van der Waals surface area contributed by atoms with Crippen molar-refractivity contribution in [3.05, 3.63) is 59.1 Å². The fraction of sp³-hybridized carbons (Fsp3) is 0.364. The van der Waals surface area contributed by atoms with Gasteiger partial charge in [0.2, 0.25) is 0 Å². The summed E-state index contributed by atoms with van der Waals surface area (Å²) in [6.07, 6.45) is 1.45. The number of amides is 1. The number of hydrazone groups is 1. The van der Waals surface area contributed by atoms with Crippen LogP contribution >= 0.6 is 11.6 Å². The maximum absolute atomic E-state index is 12.2. The van der Waals surface area contributed by atoms with Gasteiger partial charge < -0.3 is 14.5 Å². The highest BCUT2D eigenvalue weighted by molar-refractivity contribution is 6.33. The molecule has 7 heteroatoms. The Morgan fingerprint density at radius 2 is 1.79 bits per heavy atom. The fourth-order valence-electron chi connectivity index (χ4n) is 2.98. The number of para-hydroxylation sites is 1. The molecule has 1 aliphatic rings. The van der Waals surface area contributed by atoms with Gasteiger partial charge in [-0.05, 0) is 51.1 Å². The molecule has 154 valence electrons. The third-order valence-electron chi connectivity index (χ3n) is 4.45. The molecule has 0 saturated carbocycles. The molecule has 0 spiro atoms. The zero-order chi connectivity index (χ0) is 20.9. The Balaban J connectivity index is 1.56. The Bertz CT molecular complexity index is 857. The molecular weight excluding hydrogens is 388 g/mol. The molecule has 0 unspecified atom stereocenters. The summed E-state index contributed by atoms with van der Waals surface area (Å²) in [4.78, 5) is 16.2. The van der Waals surface area contributed by atoms with Crippen molar-refractivity contribution in [1.29, 1.82) is 0 Å². The van der Waals surface area contributed by atoms with Crippen LogP contribution in [-0.2, 0) is 4.74 Å². The highest BCUT2D eigenvalue weighted by atomic mass is 35.5. The van der Waals surface area contributed by atoms with E-state index in [-0.39, 0.29) is 6.09 Å². The van der Waals surface area contributed by atoms with E-state index < -0.39 is 5.60 Å². The van der Waals surface area contributed by atoms with E-state index in [1.54, 1.807) is 11.1 Å². The SMILES string of the molecule is CC(C)(C)OC(=O)N1CCN(c2ccc(C=NNc3ccccc3)c(Cl)c2)CC1. The molecule has 1 amide bonds. The molecule has 1 heterocycles. The number of piperazine rings is 1. The predicted molar refractivity (Wildman–Crippen MR) is 119 cm³/mol. The third kappa shape index (κ3) is 6.12. The first-order chi connectivity index (χ1) is 13.8. The summed E-state index contributed by atoms with van der Waals surface area (Å²) >= 11 is 6.45. The first kappa shape index (κ1) is 21.0. The number of hydrogen-bond donors (Lipinski definition) is 1. The topological polar surface area (TPSA) is 57.2 Å². The smallest absolute Gasteiger partial charge is 0.410 e. The number of ether oxygens (including phenoxy) is 1. The van der Waals surface area contributed by atoms with Gasteiger partial charge in [-0.15, -0.1) is 0 Å². The van der Waals surface area contributed by atoms with Crippen LogP contribution in [0.5, 0.6) is 0 Å². The predicted octanol–water partition coefficient (Wildman–Crippen LogP) is 4.84. The first-order valence-electron chi connectivity index (χ1n) is 9.68. The summed E-state index contributed by atoms with van der Waals surface area (Å²) < 4.78 is 5.45. The molecule has 1 aliphatic heterocycles. The summed E-state index contributed by atoms with van der Waals surface area (Å²) in [6, 6.07) is 15.7. The molecule has 1 N–H and O–H groups in total. The van der Waals surface area contributed by atoms with Crippen molar-refractivity contribution < 1.29 is 9.53 Å². The van der Waals surface area contributed by atoms with E-state index >= 15 is 0 Å². The van der Waals surface area contributed by atoms with Crippen LogP contribution < -0.4 is 10.3 Å². The molecule has 3 rings (SSSR count). The van der Waals surface area contributed by atoms with Crippen molar-refractivity contribution in [2.45, 2.75) is 26.4 Å². The Hall–Kier alpha value is -2.73. The van der Waals surface area contributed by atoms with Crippen LogP contribution in [0.2, 0.25) is 5.02 Å². The van der Waals surface area contributed by atoms with Gasteiger partial charge >= 0.3 is 6.09 Å². The van der Waals surface area contributed by atoms with Crippen molar-refractivity contribution >= 4 is 35.3 Å². The molecule has 1 fully saturated rings. The minimum Gasteiger partial charge on any atom is -0.444 e. The number of carbonyl (C=O) groups is 1. The van der Waals surface area contributed by atoms with Crippen molar-refractivity contribution in [2.75, 3.05) is 36.5 Å². The number of halogens is 1. The molecular formula is C22H27ClN4O2. The monoisotopic (exact) mass is 414 g/mol. The van der Waals surface area contributed by atoms with Crippen LogP contribution in [0.25, 0.3) is 0 Å². The van der Waals surface area contributed by atoms with Gasteiger partial charge in [0, 0.05) is 37.4 Å². The summed E-state index contributed by atoms with van der Waals surface area (Å²) in [5.41, 5.74) is 5.29. The molecule has 0 aromatic heterocycles. The standard InChI is InChI=1S/C22H27ClN4O2/c1-22(2,3)29-21(28)27-13-11-26(12-14-27)19-10-9-17(20(23)15-19)16-24-25-18-7-5-4-6-8-18/h4-10,15-16,25H,11-14H2,1-3H3. The van der Waals surface area contributed by atoms with E-state index in [9.17, 15) is 4.79 Å². The highest BCUT2D eigenvalue weighted by Gasteiger charge is 2.26. The largest absolute Gasteiger partial charge is 0.444 e. The zero-order valence-electron chi connectivity index (χ0n) is 17.1. The van der Waals surface area contributed by atoms with Crippen molar-refractivity contribution in [3.63, 3.8) is 0 Å². The van der Waals surface area contributed by atoms with Gasteiger partial charge in [0.15, 0.2) is 0 Å². The third-order valence-corrected chi connectivity index (χ3v) is 4.78. The van der Waals surface area contributed by atoms with Crippen LogP contribution in [0.3, 0.4) is 0 Å². The Kier molecular flexibility index (Phi) is 6.64. The summed E-state index contributed by atoms with van der Waals surface area (Å²) in [5, 5.41) is 4.88. The Morgan fingerprint density at radius 3 is 2.41 bits per heavy atom. The van der Waals surface area contributed by atoms with Gasteiger partial charge in [-0.25, -0.2) is 4.79 Å². The lowest BCUT2D eigenvalue weighted by molar-refractivity contribution is 0.0240. The minimum absolute atomic E-state index is 0.257. The number of nitrogens with one attached hydrogen (secondary N) is 1. The molecule has 0 atom stereocenters. The molecule has 0 aliphatic carbocycles. The van der Waals surface area contributed by atoms with Crippen LogP contribution in [0.4, 0.5) is 16.2 Å². The van der Waals surface area contributed by atoms with Crippen molar-refractivity contribution in [3.8, 4) is 0 Å². The molecule has 1 saturated heterocycles. The number of carbonyl (C=O) groups excluding carboxylic acids is 1. The Morgan fingerprint density at radius 1 is 1.10 bits per heavy atom. The second kappa shape index (κ2) is 9.18. The molecule has 2 aromatic rings. The number of anilines is 2. The molecule has 0 radical (unpaired) electrons. The van der Waals surface area contributed by atoms with Gasteiger partial charge in [-0.1, -0.05) is 29.8 Å². The average Bonchev–Trinajstić information content (AvgIpc) is 2.69. The molecule has 29 heavy (non-hydrogen) atoms. The van der Waals surface area contributed by atoms with Crippen LogP contribution in [0.15, 0.2) is 53.6 Å². The maximum atomic E-state index is 12.2.